The molecule has 6 heteroatoms. The predicted molar refractivity (Wildman–Crippen MR) is 135 cm³/mol. The molecule has 2 bridgehead atoms. The lowest BCUT2D eigenvalue weighted by atomic mass is 9.71. The normalized spacial score (nSPS) is 28.1. The van der Waals surface area contributed by atoms with Crippen molar-refractivity contribution in [3.05, 3.63) is 83.5 Å². The fourth-order valence-corrected chi connectivity index (χ4v) is 6.97. The zero-order valence-corrected chi connectivity index (χ0v) is 20.8. The van der Waals surface area contributed by atoms with E-state index in [1.807, 2.05) is 36.4 Å². The Balaban J connectivity index is 1.23. The van der Waals surface area contributed by atoms with Crippen molar-refractivity contribution in [2.75, 3.05) is 19.6 Å². The van der Waals surface area contributed by atoms with Crippen LogP contribution in [0.2, 0.25) is 0 Å². The lowest BCUT2D eigenvalue weighted by molar-refractivity contribution is -0.959. The van der Waals surface area contributed by atoms with E-state index < -0.39 is 5.60 Å². The third kappa shape index (κ3) is 4.46. The summed E-state index contributed by atoms with van der Waals surface area (Å²) >= 11 is 0. The molecule has 0 radical (unpaired) electrons. The van der Waals surface area contributed by atoms with E-state index >= 15 is 0 Å². The molecule has 2 aromatic carbocycles. The van der Waals surface area contributed by atoms with E-state index in [0.29, 0.717) is 11.6 Å². The lowest BCUT2D eigenvalue weighted by Gasteiger charge is -2.51. The molecule has 0 spiro atoms. The van der Waals surface area contributed by atoms with E-state index in [2.05, 4.69) is 5.16 Å². The van der Waals surface area contributed by atoms with Crippen LogP contribution in [0.1, 0.15) is 62.0 Å². The minimum atomic E-state index is -1.13. The molecule has 7 rings (SSSR count). The molecule has 1 aliphatic carbocycles. The highest BCUT2D eigenvalue weighted by atomic mass is 19.1. The third-order valence-electron chi connectivity index (χ3n) is 8.99. The zero-order valence-electron chi connectivity index (χ0n) is 20.8. The molecule has 4 aliphatic rings. The van der Waals surface area contributed by atoms with Gasteiger partial charge in [0, 0.05) is 24.8 Å². The van der Waals surface area contributed by atoms with Crippen LogP contribution in [0, 0.1) is 17.7 Å². The van der Waals surface area contributed by atoms with Crippen molar-refractivity contribution in [2.24, 2.45) is 11.8 Å². The number of piperidine rings is 3. The summed E-state index contributed by atoms with van der Waals surface area (Å²) in [7, 11) is 0. The van der Waals surface area contributed by atoms with Gasteiger partial charge in [0.15, 0.2) is 11.9 Å². The monoisotopic (exact) mass is 491 g/mol. The van der Waals surface area contributed by atoms with E-state index in [-0.39, 0.29) is 17.8 Å². The number of fused-ring (bicyclic) bond motifs is 3. The first-order chi connectivity index (χ1) is 17.5. The number of rotatable bonds is 7. The summed E-state index contributed by atoms with van der Waals surface area (Å²) in [4.78, 5) is 0. The summed E-state index contributed by atoms with van der Waals surface area (Å²) in [5.41, 5.74) is 0.405. The molecule has 1 aromatic heterocycles. The van der Waals surface area contributed by atoms with Crippen molar-refractivity contribution < 1.29 is 23.2 Å². The molecule has 1 saturated carbocycles. The second-order valence-corrected chi connectivity index (χ2v) is 11.2. The van der Waals surface area contributed by atoms with Crippen molar-refractivity contribution in [1.82, 2.24) is 5.16 Å². The minimum Gasteiger partial charge on any atom is -0.484 e. The van der Waals surface area contributed by atoms with Crippen LogP contribution in [0.15, 0.2) is 65.2 Å². The van der Waals surface area contributed by atoms with Gasteiger partial charge in [0.1, 0.15) is 36.0 Å². The van der Waals surface area contributed by atoms with Gasteiger partial charge in [-0.2, -0.15) is 0 Å². The molecular formula is C30H36FN2O3+. The maximum Gasteiger partial charge on any atom is 0.191 e. The quantitative estimate of drug-likeness (QED) is 0.423. The molecule has 3 aliphatic heterocycles. The minimum absolute atomic E-state index is 0.115. The average molecular weight is 492 g/mol. The van der Waals surface area contributed by atoms with Gasteiger partial charge < -0.3 is 18.8 Å². The molecule has 0 amide bonds. The first-order valence-electron chi connectivity index (χ1n) is 13.6. The molecule has 3 saturated heterocycles. The Morgan fingerprint density at radius 2 is 1.69 bits per heavy atom. The van der Waals surface area contributed by atoms with Gasteiger partial charge in [-0.3, -0.25) is 0 Å². The Morgan fingerprint density at radius 1 is 0.972 bits per heavy atom. The Bertz CT molecular complexity index is 1150. The van der Waals surface area contributed by atoms with E-state index in [0.717, 1.165) is 86.3 Å². The molecule has 190 valence electrons. The second kappa shape index (κ2) is 9.64. The molecule has 1 N–H and O–H groups in total. The standard InChI is InChI=1S/C30H36FN2O3/c31-25-11-13-26(14-12-25)35-28-21-33(17-15-22(28)16-18-33)20-27-19-29(32-36-27)30(34,23-7-3-1-4-8-23)24-9-5-2-6-10-24/h1,3-4,7-8,11-14,19,22,24,28,34H,2,5-6,9-10,15-18,20-21H2/q+1. The third-order valence-corrected chi connectivity index (χ3v) is 8.99. The number of nitrogens with zero attached hydrogens (tertiary/aromatic N) is 2. The smallest absolute Gasteiger partial charge is 0.191 e. The van der Waals surface area contributed by atoms with Crippen LogP contribution in [-0.2, 0) is 12.1 Å². The summed E-state index contributed by atoms with van der Waals surface area (Å²) in [6, 6.07) is 18.3. The highest BCUT2D eigenvalue weighted by Crippen LogP contribution is 2.44. The number of aliphatic hydroxyl groups is 1. The molecule has 2 unspecified atom stereocenters. The topological polar surface area (TPSA) is 55.5 Å². The van der Waals surface area contributed by atoms with Crippen LogP contribution in [0.4, 0.5) is 4.39 Å². The van der Waals surface area contributed by atoms with Crippen molar-refractivity contribution >= 4 is 0 Å². The van der Waals surface area contributed by atoms with Gasteiger partial charge in [0.2, 0.25) is 0 Å². The van der Waals surface area contributed by atoms with Gasteiger partial charge in [0.25, 0.3) is 0 Å². The molecule has 3 aromatic rings. The van der Waals surface area contributed by atoms with Gasteiger partial charge in [-0.15, -0.1) is 0 Å². The Morgan fingerprint density at radius 3 is 2.42 bits per heavy atom. The summed E-state index contributed by atoms with van der Waals surface area (Å²) < 4.78 is 26.5. The van der Waals surface area contributed by atoms with E-state index in [1.54, 1.807) is 12.1 Å². The number of benzene rings is 2. The van der Waals surface area contributed by atoms with Crippen molar-refractivity contribution in [3.63, 3.8) is 0 Å². The molecule has 4 fully saturated rings. The number of hydrogen-bond donors (Lipinski definition) is 1. The summed E-state index contributed by atoms with van der Waals surface area (Å²) in [6.45, 7) is 3.84. The molecule has 36 heavy (non-hydrogen) atoms. The molecule has 4 heterocycles. The van der Waals surface area contributed by atoms with Gasteiger partial charge in [-0.1, -0.05) is 54.8 Å². The lowest BCUT2D eigenvalue weighted by Crippen LogP contribution is -2.64. The summed E-state index contributed by atoms with van der Waals surface area (Å²) in [5.74, 6) is 1.99. The highest BCUT2D eigenvalue weighted by molar-refractivity contribution is 5.33. The van der Waals surface area contributed by atoms with Crippen molar-refractivity contribution in [1.29, 1.82) is 0 Å². The van der Waals surface area contributed by atoms with E-state index in [4.69, 9.17) is 9.26 Å². The number of ether oxygens (including phenoxy) is 1. The maximum absolute atomic E-state index is 13.3. The number of hydrogen-bond acceptors (Lipinski definition) is 4. The van der Waals surface area contributed by atoms with E-state index in [1.165, 1.54) is 18.6 Å². The SMILES string of the molecule is OC(c1ccccc1)(c1cc(C[N+]23CCC(CC2)C(Oc2ccc(F)cc2)C3)on1)C1CCCCC1. The van der Waals surface area contributed by atoms with Gasteiger partial charge in [-0.25, -0.2) is 4.39 Å². The Hall–Kier alpha value is -2.70. The second-order valence-electron chi connectivity index (χ2n) is 11.2. The Kier molecular flexibility index (Phi) is 6.34. The molecule has 2 atom stereocenters. The van der Waals surface area contributed by atoms with Crippen LogP contribution in [0.3, 0.4) is 0 Å². The average Bonchev–Trinajstić information content (AvgIpc) is 3.39. The van der Waals surface area contributed by atoms with Crippen LogP contribution >= 0.6 is 0 Å². The molecular weight excluding hydrogens is 455 g/mol. The maximum atomic E-state index is 13.3. The number of halogens is 1. The van der Waals surface area contributed by atoms with Crippen LogP contribution in [-0.4, -0.2) is 40.5 Å². The number of aromatic nitrogens is 1. The van der Waals surface area contributed by atoms with Crippen LogP contribution in [0.5, 0.6) is 5.75 Å². The van der Waals surface area contributed by atoms with Crippen LogP contribution < -0.4 is 4.74 Å². The fraction of sp³-hybridized carbons (Fsp3) is 0.500. The van der Waals surface area contributed by atoms with Crippen molar-refractivity contribution in [3.8, 4) is 5.75 Å². The highest BCUT2D eigenvalue weighted by Gasteiger charge is 2.48. The Labute approximate surface area is 212 Å². The van der Waals surface area contributed by atoms with Crippen LogP contribution in [0.25, 0.3) is 0 Å². The largest absolute Gasteiger partial charge is 0.484 e. The zero-order chi connectivity index (χ0) is 24.6. The van der Waals surface area contributed by atoms with Gasteiger partial charge in [0.05, 0.1) is 13.1 Å². The molecule has 5 nitrogen and oxygen atoms in total. The first-order valence-corrected chi connectivity index (χ1v) is 13.6. The predicted octanol–water partition coefficient (Wildman–Crippen LogP) is 5.82. The first kappa shape index (κ1) is 23.7. The van der Waals surface area contributed by atoms with Crippen molar-refractivity contribution in [2.45, 2.75) is 63.2 Å². The summed E-state index contributed by atoms with van der Waals surface area (Å²) in [6.07, 6.45) is 7.85. The summed E-state index contributed by atoms with van der Waals surface area (Å²) in [5, 5.41) is 16.7. The van der Waals surface area contributed by atoms with Gasteiger partial charge in [-0.05, 0) is 48.6 Å². The van der Waals surface area contributed by atoms with Gasteiger partial charge >= 0.3 is 0 Å². The fourth-order valence-electron chi connectivity index (χ4n) is 6.97. The van der Waals surface area contributed by atoms with E-state index in [9.17, 15) is 9.50 Å². The number of quaternary nitrogens is 1.